The van der Waals surface area contributed by atoms with Crippen LogP contribution >= 0.6 is 11.3 Å². The fourth-order valence-electron chi connectivity index (χ4n) is 2.29. The van der Waals surface area contributed by atoms with Gasteiger partial charge in [-0.2, -0.15) is 0 Å². The van der Waals surface area contributed by atoms with Crippen LogP contribution in [0.15, 0.2) is 0 Å². The minimum Gasteiger partial charge on any atom is -0.305 e. The Bertz CT molecular complexity index is 399. The second-order valence-corrected chi connectivity index (χ2v) is 7.90. The molecule has 3 heteroatoms. The average Bonchev–Trinajstić information content (AvgIpc) is 2.97. The van der Waals surface area contributed by atoms with Crippen LogP contribution < -0.4 is 5.32 Å². The van der Waals surface area contributed by atoms with Crippen molar-refractivity contribution >= 4 is 11.3 Å². The number of hydrogen-bond acceptors (Lipinski definition) is 3. The molecule has 1 aliphatic carbocycles. The molecule has 0 amide bonds. The molecule has 1 fully saturated rings. The van der Waals surface area contributed by atoms with Gasteiger partial charge < -0.3 is 5.32 Å². The highest BCUT2D eigenvalue weighted by atomic mass is 32.1. The van der Waals surface area contributed by atoms with Crippen LogP contribution in [0.3, 0.4) is 0 Å². The second-order valence-electron chi connectivity index (χ2n) is 6.67. The summed E-state index contributed by atoms with van der Waals surface area (Å²) in [5, 5.41) is 5.07. The minimum atomic E-state index is 0.346. The van der Waals surface area contributed by atoms with Crippen LogP contribution in [0.1, 0.15) is 68.6 Å². The molecule has 1 atom stereocenters. The number of thiazole rings is 1. The van der Waals surface area contributed by atoms with Crippen LogP contribution in [0.4, 0.5) is 0 Å². The molecule has 0 saturated heterocycles. The van der Waals surface area contributed by atoms with E-state index in [0.717, 1.165) is 12.5 Å². The van der Waals surface area contributed by atoms with Gasteiger partial charge in [-0.15, -0.1) is 11.3 Å². The molecule has 18 heavy (non-hydrogen) atoms. The molecule has 0 aliphatic heterocycles. The third-order valence-corrected chi connectivity index (χ3v) is 4.50. The van der Waals surface area contributed by atoms with E-state index in [1.54, 1.807) is 0 Å². The van der Waals surface area contributed by atoms with Gasteiger partial charge in [-0.3, -0.25) is 0 Å². The van der Waals surface area contributed by atoms with Crippen LogP contribution in [0.2, 0.25) is 0 Å². The van der Waals surface area contributed by atoms with Gasteiger partial charge in [-0.05, 0) is 38.0 Å². The average molecular weight is 266 g/mol. The van der Waals surface area contributed by atoms with E-state index in [-0.39, 0.29) is 0 Å². The number of aryl methyl sites for hydroxylation is 2. The van der Waals surface area contributed by atoms with Crippen LogP contribution in [0.5, 0.6) is 0 Å². The maximum absolute atomic E-state index is 4.85. The van der Waals surface area contributed by atoms with Gasteiger partial charge in [0.05, 0.1) is 11.7 Å². The van der Waals surface area contributed by atoms with Crippen molar-refractivity contribution in [3.63, 3.8) is 0 Å². The fourth-order valence-corrected chi connectivity index (χ4v) is 3.36. The molecule has 1 heterocycles. The lowest BCUT2D eigenvalue weighted by atomic mass is 9.88. The van der Waals surface area contributed by atoms with Crippen LogP contribution in [0.25, 0.3) is 0 Å². The first-order valence-electron chi connectivity index (χ1n) is 7.11. The molecule has 1 aromatic heterocycles. The molecule has 2 nitrogen and oxygen atoms in total. The van der Waals surface area contributed by atoms with Crippen molar-refractivity contribution in [2.45, 2.75) is 72.4 Å². The number of nitrogens with zero attached hydrogens (tertiary/aromatic N) is 1. The Kier molecular flexibility index (Phi) is 4.12. The zero-order valence-electron chi connectivity index (χ0n) is 12.3. The predicted molar refractivity (Wildman–Crippen MR) is 79.2 cm³/mol. The van der Waals surface area contributed by atoms with Gasteiger partial charge in [-0.25, -0.2) is 4.98 Å². The quantitative estimate of drug-likeness (QED) is 0.862. The van der Waals surface area contributed by atoms with Crippen molar-refractivity contribution in [2.24, 2.45) is 5.41 Å². The highest BCUT2D eigenvalue weighted by Crippen LogP contribution is 2.35. The van der Waals surface area contributed by atoms with E-state index >= 15 is 0 Å². The monoisotopic (exact) mass is 266 g/mol. The van der Waals surface area contributed by atoms with Gasteiger partial charge in [0, 0.05) is 10.9 Å². The Hall–Kier alpha value is -0.410. The van der Waals surface area contributed by atoms with E-state index in [2.05, 4.69) is 39.9 Å². The van der Waals surface area contributed by atoms with Gasteiger partial charge in [0.1, 0.15) is 5.01 Å². The topological polar surface area (TPSA) is 24.9 Å². The molecule has 102 valence electrons. The first-order valence-corrected chi connectivity index (χ1v) is 7.93. The second kappa shape index (κ2) is 5.30. The van der Waals surface area contributed by atoms with Crippen LogP contribution in [-0.2, 0) is 6.42 Å². The normalized spacial score (nSPS) is 18.1. The maximum Gasteiger partial charge on any atom is 0.110 e. The third kappa shape index (κ3) is 3.79. The molecule has 0 bridgehead atoms. The standard InChI is InChI=1S/C15H26N2S/c1-6-12-10(2)18-14(17-12)13(9-15(3,4)5)16-11-7-8-11/h11,13,16H,6-9H2,1-5H3. The van der Waals surface area contributed by atoms with Crippen molar-refractivity contribution in [1.29, 1.82) is 0 Å². The van der Waals surface area contributed by atoms with Crippen molar-refractivity contribution in [2.75, 3.05) is 0 Å². The summed E-state index contributed by atoms with van der Waals surface area (Å²) in [6.45, 7) is 11.3. The summed E-state index contributed by atoms with van der Waals surface area (Å²) in [4.78, 5) is 6.24. The highest BCUT2D eigenvalue weighted by molar-refractivity contribution is 7.11. The lowest BCUT2D eigenvalue weighted by Crippen LogP contribution is -2.27. The van der Waals surface area contributed by atoms with E-state index in [4.69, 9.17) is 4.98 Å². The number of rotatable bonds is 5. The summed E-state index contributed by atoms with van der Waals surface area (Å²) in [5.74, 6) is 0. The van der Waals surface area contributed by atoms with E-state index in [1.165, 1.54) is 34.8 Å². The van der Waals surface area contributed by atoms with E-state index in [1.807, 2.05) is 11.3 Å². The van der Waals surface area contributed by atoms with Gasteiger partial charge in [-0.1, -0.05) is 27.7 Å². The van der Waals surface area contributed by atoms with Crippen molar-refractivity contribution in [1.82, 2.24) is 10.3 Å². The van der Waals surface area contributed by atoms with E-state index < -0.39 is 0 Å². The fraction of sp³-hybridized carbons (Fsp3) is 0.800. The smallest absolute Gasteiger partial charge is 0.110 e. The molecule has 1 aromatic rings. The first-order chi connectivity index (χ1) is 8.39. The summed E-state index contributed by atoms with van der Waals surface area (Å²) >= 11 is 1.88. The number of nitrogens with one attached hydrogen (secondary N) is 1. The Morgan fingerprint density at radius 3 is 2.50 bits per heavy atom. The molecular formula is C15H26N2S. The van der Waals surface area contributed by atoms with Crippen LogP contribution in [-0.4, -0.2) is 11.0 Å². The molecule has 1 aliphatic rings. The summed E-state index contributed by atoms with van der Waals surface area (Å²) in [6, 6.07) is 1.19. The lowest BCUT2D eigenvalue weighted by molar-refractivity contribution is 0.309. The van der Waals surface area contributed by atoms with Crippen molar-refractivity contribution in [3.8, 4) is 0 Å². The minimum absolute atomic E-state index is 0.346. The SMILES string of the molecule is CCc1nc(C(CC(C)(C)C)NC2CC2)sc1C. The molecule has 0 aromatic carbocycles. The van der Waals surface area contributed by atoms with E-state index in [9.17, 15) is 0 Å². The van der Waals surface area contributed by atoms with Gasteiger partial charge in [0.2, 0.25) is 0 Å². The zero-order chi connectivity index (χ0) is 13.3. The van der Waals surface area contributed by atoms with Crippen molar-refractivity contribution < 1.29 is 0 Å². The summed E-state index contributed by atoms with van der Waals surface area (Å²) in [7, 11) is 0. The van der Waals surface area contributed by atoms with Crippen LogP contribution in [0, 0.1) is 12.3 Å². The molecule has 2 rings (SSSR count). The maximum atomic E-state index is 4.85. The predicted octanol–water partition coefficient (Wildman–Crippen LogP) is 4.24. The van der Waals surface area contributed by atoms with Gasteiger partial charge >= 0.3 is 0 Å². The molecule has 0 spiro atoms. The summed E-state index contributed by atoms with van der Waals surface area (Å²) in [6.07, 6.45) is 4.89. The van der Waals surface area contributed by atoms with Crippen molar-refractivity contribution in [3.05, 3.63) is 15.6 Å². The summed E-state index contributed by atoms with van der Waals surface area (Å²) in [5.41, 5.74) is 1.63. The molecule has 1 saturated carbocycles. The Labute approximate surface area is 115 Å². The molecular weight excluding hydrogens is 240 g/mol. The molecule has 0 radical (unpaired) electrons. The Morgan fingerprint density at radius 1 is 1.39 bits per heavy atom. The largest absolute Gasteiger partial charge is 0.305 e. The Morgan fingerprint density at radius 2 is 2.06 bits per heavy atom. The van der Waals surface area contributed by atoms with E-state index in [0.29, 0.717) is 11.5 Å². The lowest BCUT2D eigenvalue weighted by Gasteiger charge is -2.25. The zero-order valence-corrected chi connectivity index (χ0v) is 13.2. The highest BCUT2D eigenvalue weighted by Gasteiger charge is 2.30. The molecule has 1 unspecified atom stereocenters. The third-order valence-electron chi connectivity index (χ3n) is 3.37. The number of aromatic nitrogens is 1. The number of hydrogen-bond donors (Lipinski definition) is 1. The van der Waals surface area contributed by atoms with Gasteiger partial charge in [0.15, 0.2) is 0 Å². The molecule has 1 N–H and O–H groups in total. The Balaban J connectivity index is 2.15. The summed E-state index contributed by atoms with van der Waals surface area (Å²) < 4.78 is 0. The van der Waals surface area contributed by atoms with Gasteiger partial charge in [0.25, 0.3) is 0 Å². The first kappa shape index (κ1) is 14.0.